The number of carbonyl (C=O) groups excluding carboxylic acids is 2. The molecule has 4 N–H and O–H groups in total. The Morgan fingerprint density at radius 1 is 1.03 bits per heavy atom. The largest absolute Gasteiger partial charge is 0.342 e. The molecule has 3 aromatic rings. The Hall–Kier alpha value is -3.29. The molecule has 0 spiro atoms. The molecule has 1 saturated heterocycles. The van der Waals surface area contributed by atoms with Crippen molar-refractivity contribution in [3.8, 4) is 0 Å². The smallest absolute Gasteiger partial charge is 0.272 e. The molecule has 0 bridgehead atoms. The van der Waals surface area contributed by atoms with Gasteiger partial charge in [0, 0.05) is 13.1 Å². The number of nitrogens with zero attached hydrogens (tertiary/aromatic N) is 1. The Bertz CT molecular complexity index is 1430. The summed E-state index contributed by atoms with van der Waals surface area (Å²) in [5.74, 6) is -1.34. The summed E-state index contributed by atoms with van der Waals surface area (Å²) < 4.78 is 27.3. The van der Waals surface area contributed by atoms with Gasteiger partial charge in [0.1, 0.15) is 9.77 Å². The monoisotopic (exact) mass is 491 g/mol. The zero-order valence-electron chi connectivity index (χ0n) is 17.3. The van der Waals surface area contributed by atoms with Gasteiger partial charge in [0.15, 0.2) is 0 Å². The van der Waals surface area contributed by atoms with E-state index in [1.54, 1.807) is 0 Å². The van der Waals surface area contributed by atoms with Crippen LogP contribution >= 0.6 is 11.3 Å². The molecule has 2 aromatic heterocycles. The van der Waals surface area contributed by atoms with Crippen molar-refractivity contribution < 1.29 is 18.0 Å². The third-order valence-electron chi connectivity index (χ3n) is 5.28. The van der Waals surface area contributed by atoms with Crippen LogP contribution < -0.4 is 21.8 Å². The van der Waals surface area contributed by atoms with Gasteiger partial charge in [-0.3, -0.25) is 29.4 Å². The molecular formula is C20H21N5O6S2. The van der Waals surface area contributed by atoms with Gasteiger partial charge in [-0.2, -0.15) is 4.31 Å². The highest BCUT2D eigenvalue weighted by molar-refractivity contribution is 7.89. The van der Waals surface area contributed by atoms with Gasteiger partial charge in [0.2, 0.25) is 15.9 Å². The summed E-state index contributed by atoms with van der Waals surface area (Å²) >= 11 is 0.976. The van der Waals surface area contributed by atoms with Gasteiger partial charge in [0.05, 0.1) is 23.0 Å². The second kappa shape index (κ2) is 9.29. The Morgan fingerprint density at radius 2 is 1.76 bits per heavy atom. The van der Waals surface area contributed by atoms with Crippen LogP contribution in [0, 0.1) is 0 Å². The van der Waals surface area contributed by atoms with Crippen LogP contribution in [-0.2, 0) is 14.8 Å². The molecule has 174 valence electrons. The minimum atomic E-state index is -3.80. The van der Waals surface area contributed by atoms with E-state index >= 15 is 0 Å². The number of piperidine rings is 1. The number of thiophene rings is 1. The zero-order chi connectivity index (χ0) is 23.6. The third kappa shape index (κ3) is 4.60. The molecule has 0 saturated carbocycles. The van der Waals surface area contributed by atoms with Gasteiger partial charge < -0.3 is 10.6 Å². The van der Waals surface area contributed by atoms with Gasteiger partial charge >= 0.3 is 0 Å². The van der Waals surface area contributed by atoms with Crippen LogP contribution in [0.4, 0.5) is 5.69 Å². The van der Waals surface area contributed by atoms with Gasteiger partial charge in [-0.25, -0.2) is 8.42 Å². The highest BCUT2D eigenvalue weighted by Gasteiger charge is 2.31. The van der Waals surface area contributed by atoms with E-state index in [-0.39, 0.29) is 26.2 Å². The van der Waals surface area contributed by atoms with Gasteiger partial charge in [0.25, 0.3) is 17.0 Å². The van der Waals surface area contributed by atoms with Crippen molar-refractivity contribution in [2.45, 2.75) is 24.2 Å². The first kappa shape index (κ1) is 22.9. The van der Waals surface area contributed by atoms with E-state index < -0.39 is 39.5 Å². The van der Waals surface area contributed by atoms with Crippen molar-refractivity contribution in [2.24, 2.45) is 0 Å². The molecule has 33 heavy (non-hydrogen) atoms. The van der Waals surface area contributed by atoms with Crippen molar-refractivity contribution in [3.05, 3.63) is 55.2 Å². The topological polar surface area (TPSA) is 161 Å². The number of sulfonamides is 1. The van der Waals surface area contributed by atoms with E-state index in [2.05, 4.69) is 20.8 Å². The van der Waals surface area contributed by atoms with Crippen molar-refractivity contribution in [2.75, 3.05) is 25.0 Å². The molecule has 1 fully saturated rings. The fraction of sp³-hybridized carbons (Fsp3) is 0.300. The van der Waals surface area contributed by atoms with Crippen LogP contribution in [0.1, 0.15) is 28.9 Å². The number of anilines is 1. The van der Waals surface area contributed by atoms with Gasteiger partial charge in [-0.05, 0) is 36.4 Å². The maximum absolute atomic E-state index is 12.9. The molecule has 0 radical (unpaired) electrons. The first-order valence-electron chi connectivity index (χ1n) is 10.2. The van der Waals surface area contributed by atoms with Crippen LogP contribution in [0.25, 0.3) is 10.8 Å². The molecular weight excluding hydrogens is 470 g/mol. The summed E-state index contributed by atoms with van der Waals surface area (Å²) in [4.78, 5) is 49.0. The molecule has 0 unspecified atom stereocenters. The number of aromatic amines is 2. The fourth-order valence-corrected chi connectivity index (χ4v) is 6.51. The van der Waals surface area contributed by atoms with Crippen LogP contribution in [0.3, 0.4) is 0 Å². The minimum Gasteiger partial charge on any atom is -0.342 e. The van der Waals surface area contributed by atoms with Crippen molar-refractivity contribution >= 4 is 49.6 Å². The van der Waals surface area contributed by atoms with E-state index in [1.807, 2.05) is 0 Å². The molecule has 2 amide bonds. The van der Waals surface area contributed by atoms with Crippen LogP contribution in [0.15, 0.2) is 44.1 Å². The van der Waals surface area contributed by atoms with E-state index in [4.69, 9.17) is 0 Å². The molecule has 13 heteroatoms. The second-order valence-electron chi connectivity index (χ2n) is 7.45. The normalized spacial score (nSPS) is 14.8. The predicted molar refractivity (Wildman–Crippen MR) is 123 cm³/mol. The third-order valence-corrected chi connectivity index (χ3v) is 8.26. The van der Waals surface area contributed by atoms with Gasteiger partial charge in [-0.1, -0.05) is 12.5 Å². The summed E-state index contributed by atoms with van der Waals surface area (Å²) in [5.41, 5.74) is -0.992. The Labute approximate surface area is 191 Å². The number of nitrogens with one attached hydrogen (secondary N) is 4. The lowest BCUT2D eigenvalue weighted by Gasteiger charge is -2.25. The van der Waals surface area contributed by atoms with E-state index in [1.165, 1.54) is 34.0 Å². The average molecular weight is 492 g/mol. The number of rotatable bonds is 6. The quantitative estimate of drug-likeness (QED) is 0.399. The number of amides is 2. The summed E-state index contributed by atoms with van der Waals surface area (Å²) in [6.07, 6.45) is 2.51. The average Bonchev–Trinajstić information content (AvgIpc) is 3.32. The predicted octanol–water partition coefficient (Wildman–Crippen LogP) is 0.821. The van der Waals surface area contributed by atoms with Crippen molar-refractivity contribution in [1.82, 2.24) is 19.8 Å². The summed E-state index contributed by atoms with van der Waals surface area (Å²) in [7, 11) is -3.80. The molecule has 1 aromatic carbocycles. The molecule has 0 atom stereocenters. The summed E-state index contributed by atoms with van der Waals surface area (Å²) in [5, 5.41) is 11.0. The molecule has 11 nitrogen and oxygen atoms in total. The Balaban J connectivity index is 1.47. The van der Waals surface area contributed by atoms with Crippen molar-refractivity contribution in [1.29, 1.82) is 0 Å². The number of aromatic nitrogens is 2. The van der Waals surface area contributed by atoms with E-state index in [0.717, 1.165) is 30.6 Å². The van der Waals surface area contributed by atoms with E-state index in [9.17, 15) is 27.6 Å². The molecule has 1 aliphatic heterocycles. The number of H-pyrrole nitrogens is 2. The summed E-state index contributed by atoms with van der Waals surface area (Å²) in [6.45, 7) is 0.362. The lowest BCUT2D eigenvalue weighted by atomic mass is 10.1. The maximum Gasteiger partial charge on any atom is 0.272 e. The first-order valence-corrected chi connectivity index (χ1v) is 12.5. The SMILES string of the molecule is O=C(CNC(=O)c1sccc1S(=O)(=O)N1CCCCC1)Nc1cccc2c(=O)[nH][nH]c(=O)c12. The first-order chi connectivity index (χ1) is 15.8. The standard InChI is InChI=1S/C20H21N5O6S2/c26-15(22-13-6-4-5-12-16(13)19(28)24-23-18(12)27)11-21-20(29)17-14(7-10-32-17)33(30,31)25-8-2-1-3-9-25/h4-7,10H,1-3,8-9,11H2,(H,21,29)(H,22,26)(H,23,27)(H,24,28). The van der Waals surface area contributed by atoms with Gasteiger partial charge in [-0.15, -0.1) is 11.3 Å². The summed E-state index contributed by atoms with van der Waals surface area (Å²) in [6, 6.07) is 5.80. The number of benzene rings is 1. The number of hydrogen-bond acceptors (Lipinski definition) is 7. The maximum atomic E-state index is 12.9. The highest BCUT2D eigenvalue weighted by Crippen LogP contribution is 2.27. The second-order valence-corrected chi connectivity index (χ2v) is 10.3. The van der Waals surface area contributed by atoms with Crippen molar-refractivity contribution in [3.63, 3.8) is 0 Å². The van der Waals surface area contributed by atoms with E-state index in [0.29, 0.717) is 13.1 Å². The molecule has 0 aliphatic carbocycles. The molecule has 3 heterocycles. The lowest BCUT2D eigenvalue weighted by Crippen LogP contribution is -2.37. The minimum absolute atomic E-state index is 0.00140. The lowest BCUT2D eigenvalue weighted by molar-refractivity contribution is -0.115. The fourth-order valence-electron chi connectivity index (χ4n) is 3.68. The van der Waals surface area contributed by atoms with Crippen LogP contribution in [0.2, 0.25) is 0 Å². The zero-order valence-corrected chi connectivity index (χ0v) is 19.0. The highest BCUT2D eigenvalue weighted by atomic mass is 32.2. The van der Waals surface area contributed by atoms with Crippen LogP contribution in [0.5, 0.6) is 0 Å². The molecule has 4 rings (SSSR count). The Kier molecular flexibility index (Phi) is 6.44. The Morgan fingerprint density at radius 3 is 2.52 bits per heavy atom. The number of hydrogen-bond donors (Lipinski definition) is 4. The number of fused-ring (bicyclic) bond motifs is 1. The molecule has 1 aliphatic rings. The van der Waals surface area contributed by atoms with Crippen LogP contribution in [-0.4, -0.2) is 54.4 Å². The number of carbonyl (C=O) groups is 2.